The molecule has 2 aromatic heterocycles. The Morgan fingerprint density at radius 3 is 2.84 bits per heavy atom. The molecule has 0 fully saturated rings. The van der Waals surface area contributed by atoms with Gasteiger partial charge in [0.1, 0.15) is 0 Å². The first kappa shape index (κ1) is 16.3. The number of nitrogens with one attached hydrogen (secondary N) is 1. The predicted molar refractivity (Wildman–Crippen MR) is 110 cm³/mol. The first-order valence-electron chi connectivity index (χ1n) is 8.00. The number of aromatic nitrogens is 2. The first-order valence-corrected chi connectivity index (χ1v) is 9.32. The Labute approximate surface area is 155 Å². The number of fused-ring (bicyclic) bond motifs is 3. The van der Waals surface area contributed by atoms with Crippen LogP contribution >= 0.6 is 11.3 Å². The van der Waals surface area contributed by atoms with E-state index in [0.29, 0.717) is 5.95 Å². The van der Waals surface area contributed by atoms with Gasteiger partial charge in [-0.3, -0.25) is 0 Å². The van der Waals surface area contributed by atoms with Gasteiger partial charge >= 0.3 is 0 Å². The number of hydrogen-bond donors (Lipinski definition) is 1. The molecule has 6 heteroatoms. The number of benzene rings is 2. The maximum Gasteiger partial charge on any atom is 0.227 e. The van der Waals surface area contributed by atoms with Crippen molar-refractivity contribution >= 4 is 56.6 Å². The van der Waals surface area contributed by atoms with Crippen molar-refractivity contribution < 1.29 is 0 Å². The van der Waals surface area contributed by atoms with Gasteiger partial charge in [-0.1, -0.05) is 6.07 Å². The van der Waals surface area contributed by atoms with E-state index < -0.39 is 0 Å². The molecule has 2 heterocycles. The molecule has 0 unspecified atom stereocenters. The number of hydrogen-bond acceptors (Lipinski definition) is 5. The predicted octanol–water partition coefficient (Wildman–Crippen LogP) is 4.02. The summed E-state index contributed by atoms with van der Waals surface area (Å²) in [6.45, 7) is 0.939. The van der Waals surface area contributed by atoms with Gasteiger partial charge in [0, 0.05) is 44.8 Å². The minimum absolute atomic E-state index is 0.609. The summed E-state index contributed by atoms with van der Waals surface area (Å²) < 4.78 is 1.26. The highest BCUT2D eigenvalue weighted by atomic mass is 32.1. The second-order valence-corrected chi connectivity index (χ2v) is 8.01. The number of anilines is 2. The lowest BCUT2D eigenvalue weighted by Gasteiger charge is -2.06. The molecule has 0 aliphatic rings. The van der Waals surface area contributed by atoms with E-state index in [-0.39, 0.29) is 0 Å². The van der Waals surface area contributed by atoms with Gasteiger partial charge in [0.2, 0.25) is 5.95 Å². The van der Waals surface area contributed by atoms with E-state index in [1.807, 2.05) is 41.8 Å². The molecular weight excluding hydrogens is 348 g/mol. The smallest absolute Gasteiger partial charge is 0.227 e. The summed E-state index contributed by atoms with van der Waals surface area (Å²) in [5.41, 5.74) is 1.95. The monoisotopic (exact) mass is 367 g/mol. The lowest BCUT2D eigenvalue weighted by Crippen LogP contribution is -2.09. The summed E-state index contributed by atoms with van der Waals surface area (Å²) in [5, 5.41) is 5.53. The molecule has 0 amide bonds. The highest BCUT2D eigenvalue weighted by Crippen LogP contribution is 2.32. The molecule has 4 rings (SSSR count). The Balaban J connectivity index is 1.77. The van der Waals surface area contributed by atoms with Crippen molar-refractivity contribution in [1.82, 2.24) is 14.9 Å². The standard InChI is InChI=1S/C19H18N4S2/c1-23(2)11-15-9-16-17(25-15)7-6-12-10-20-19(22-18(12)16)21-13-4-3-5-14(24)8-13/h3-10,24H,11H2,1-2H3,(H,20,21,22)/p+1. The van der Waals surface area contributed by atoms with Crippen LogP contribution in [0, 0.1) is 0 Å². The third-order valence-electron chi connectivity index (χ3n) is 3.89. The Bertz CT molecular complexity index is 1060. The summed E-state index contributed by atoms with van der Waals surface area (Å²) >= 11 is 5.36. The Hall–Kier alpha value is -2.15. The van der Waals surface area contributed by atoms with E-state index in [9.17, 15) is 0 Å². The molecule has 4 aromatic rings. The third-order valence-corrected chi connectivity index (χ3v) is 5.29. The number of nitrogens with zero attached hydrogens (tertiary/aromatic N) is 3. The molecular formula is C19H19N4S2+. The fraction of sp³-hybridized carbons (Fsp3) is 0.158. The molecule has 2 aromatic carbocycles. The van der Waals surface area contributed by atoms with Crippen molar-refractivity contribution in [3.63, 3.8) is 0 Å². The fourth-order valence-electron chi connectivity index (χ4n) is 2.84. The highest BCUT2D eigenvalue weighted by molar-refractivity contribution is 7.58. The average molecular weight is 368 g/mol. The fourth-order valence-corrected chi connectivity index (χ4v) is 4.27. The van der Waals surface area contributed by atoms with Crippen LogP contribution in [0.25, 0.3) is 21.0 Å². The molecule has 126 valence electrons. The van der Waals surface area contributed by atoms with Crippen LogP contribution in [0.2, 0.25) is 0 Å². The zero-order valence-electron chi connectivity index (χ0n) is 14.1. The minimum atomic E-state index is 0.609. The average Bonchev–Trinajstić information content (AvgIpc) is 2.97. The number of rotatable bonds is 4. The molecule has 0 radical (unpaired) electrons. The molecule has 0 saturated carbocycles. The molecule has 0 saturated heterocycles. The molecule has 0 aliphatic carbocycles. The van der Waals surface area contributed by atoms with Crippen molar-refractivity contribution in [2.24, 2.45) is 0 Å². The summed E-state index contributed by atoms with van der Waals surface area (Å²) in [6.07, 6.45) is 1.88. The van der Waals surface area contributed by atoms with Gasteiger partial charge in [-0.15, -0.1) is 11.3 Å². The zero-order valence-corrected chi connectivity index (χ0v) is 15.9. The lowest BCUT2D eigenvalue weighted by molar-refractivity contribution is 0.406. The van der Waals surface area contributed by atoms with Crippen LogP contribution in [-0.2, 0) is 19.2 Å². The molecule has 25 heavy (non-hydrogen) atoms. The van der Waals surface area contributed by atoms with E-state index in [2.05, 4.69) is 60.1 Å². The third kappa shape index (κ3) is 3.46. The normalized spacial score (nSPS) is 11.5. The van der Waals surface area contributed by atoms with Crippen LogP contribution in [0.5, 0.6) is 0 Å². The highest BCUT2D eigenvalue weighted by Gasteiger charge is 2.09. The Morgan fingerprint density at radius 1 is 1.16 bits per heavy atom. The van der Waals surface area contributed by atoms with E-state index in [1.54, 1.807) is 0 Å². The van der Waals surface area contributed by atoms with Crippen molar-refractivity contribution in [2.75, 3.05) is 19.4 Å². The summed E-state index contributed by atoms with van der Waals surface area (Å²) in [5.74, 6) is 0.609. The van der Waals surface area contributed by atoms with E-state index in [0.717, 1.165) is 28.0 Å². The van der Waals surface area contributed by atoms with Crippen molar-refractivity contribution in [2.45, 2.75) is 11.4 Å². The maximum atomic E-state index is 4.78. The van der Waals surface area contributed by atoms with Crippen LogP contribution < -0.4 is 5.32 Å². The van der Waals surface area contributed by atoms with Crippen LogP contribution in [-0.4, -0.2) is 29.0 Å². The van der Waals surface area contributed by atoms with Gasteiger partial charge in [0.25, 0.3) is 0 Å². The van der Waals surface area contributed by atoms with Crippen LogP contribution in [0.1, 0.15) is 4.88 Å². The Kier molecular flexibility index (Phi) is 4.33. The van der Waals surface area contributed by atoms with Gasteiger partial charge in [0.05, 0.1) is 5.52 Å². The maximum absolute atomic E-state index is 4.78. The van der Waals surface area contributed by atoms with Gasteiger partial charge in [-0.25, -0.2) is 9.97 Å². The van der Waals surface area contributed by atoms with Crippen LogP contribution in [0.4, 0.5) is 11.6 Å². The van der Waals surface area contributed by atoms with E-state index in [4.69, 9.17) is 4.98 Å². The molecule has 0 spiro atoms. The van der Waals surface area contributed by atoms with Gasteiger partial charge in [-0.05, 0) is 57.1 Å². The van der Waals surface area contributed by atoms with E-state index >= 15 is 0 Å². The Morgan fingerprint density at radius 2 is 2.04 bits per heavy atom. The minimum Gasteiger partial charge on any atom is -0.324 e. The topological polar surface area (TPSA) is 41.1 Å². The second-order valence-electron chi connectivity index (χ2n) is 6.27. The molecule has 4 nitrogen and oxygen atoms in total. The molecule has 0 atom stereocenters. The largest absolute Gasteiger partial charge is 0.324 e. The zero-order chi connectivity index (χ0) is 17.4. The van der Waals surface area contributed by atoms with Crippen LogP contribution in [0.3, 0.4) is 0 Å². The van der Waals surface area contributed by atoms with Gasteiger partial charge in [-0.2, -0.15) is 0 Å². The molecule has 0 aliphatic heterocycles. The summed E-state index contributed by atoms with van der Waals surface area (Å²) in [4.78, 5) is 13.8. The van der Waals surface area contributed by atoms with Gasteiger partial charge in [0.15, 0.2) is 4.90 Å². The molecule has 1 N–H and O–H groups in total. The first-order chi connectivity index (χ1) is 12.1. The van der Waals surface area contributed by atoms with E-state index in [1.165, 1.54) is 15.0 Å². The number of thiophene rings is 1. The lowest BCUT2D eigenvalue weighted by atomic mass is 10.2. The SMILES string of the molecule is CN(C)Cc1cc2c(ccc3cnc(Nc4cccc([SH2+])c4)nc32)s1. The quantitative estimate of drug-likeness (QED) is 0.553. The van der Waals surface area contributed by atoms with Crippen molar-refractivity contribution in [3.05, 3.63) is 53.5 Å². The molecule has 0 bridgehead atoms. The van der Waals surface area contributed by atoms with Crippen molar-refractivity contribution in [1.29, 1.82) is 0 Å². The van der Waals surface area contributed by atoms with Gasteiger partial charge < -0.3 is 10.2 Å². The summed E-state index contributed by atoms with van der Waals surface area (Å²) in [7, 11) is 4.18. The summed E-state index contributed by atoms with van der Waals surface area (Å²) in [6, 6.07) is 14.5. The second kappa shape index (κ2) is 6.63. The van der Waals surface area contributed by atoms with Crippen molar-refractivity contribution in [3.8, 4) is 0 Å². The van der Waals surface area contributed by atoms with Crippen LogP contribution in [0.15, 0.2) is 53.6 Å².